The molecule has 0 aliphatic heterocycles. The van der Waals surface area contributed by atoms with Gasteiger partial charge in [-0.05, 0) is 30.2 Å². The molecule has 74 valence electrons. The fourth-order valence-electron chi connectivity index (χ4n) is 1.28. The molecular weight excluding hydrogens is 186 g/mol. The van der Waals surface area contributed by atoms with Crippen molar-refractivity contribution in [3.63, 3.8) is 0 Å². The van der Waals surface area contributed by atoms with E-state index < -0.39 is 0 Å². The quantitative estimate of drug-likeness (QED) is 0.741. The van der Waals surface area contributed by atoms with Crippen molar-refractivity contribution in [2.24, 2.45) is 5.73 Å². The lowest BCUT2D eigenvalue weighted by Gasteiger charge is -2.07. The first-order valence-electron chi connectivity index (χ1n) is 4.75. The topological polar surface area (TPSA) is 39.2 Å². The average Bonchev–Trinajstić information content (AvgIpc) is 2.52. The number of hydrogen-bond acceptors (Lipinski definition) is 2. The molecule has 0 aliphatic rings. The number of halogens is 1. The van der Waals surface area contributed by atoms with Gasteiger partial charge in [0.15, 0.2) is 5.22 Å². The summed E-state index contributed by atoms with van der Waals surface area (Å²) in [4.78, 5) is 0. The smallest absolute Gasteiger partial charge is 0.193 e. The molecule has 1 aromatic rings. The minimum Gasteiger partial charge on any atom is -0.448 e. The van der Waals surface area contributed by atoms with Crippen LogP contribution in [0.25, 0.3) is 0 Å². The largest absolute Gasteiger partial charge is 0.448 e. The zero-order chi connectivity index (χ0) is 9.68. The van der Waals surface area contributed by atoms with E-state index in [1.807, 2.05) is 6.07 Å². The van der Waals surface area contributed by atoms with Gasteiger partial charge in [-0.25, -0.2) is 0 Å². The summed E-state index contributed by atoms with van der Waals surface area (Å²) in [5.74, 6) is 0.793. The highest BCUT2D eigenvalue weighted by Gasteiger charge is 2.09. The number of hydrogen-bond donors (Lipinski definition) is 1. The fraction of sp³-hybridized carbons (Fsp3) is 0.600. The van der Waals surface area contributed by atoms with Crippen LogP contribution in [0.3, 0.4) is 0 Å². The van der Waals surface area contributed by atoms with Crippen molar-refractivity contribution < 1.29 is 4.42 Å². The van der Waals surface area contributed by atoms with Gasteiger partial charge in [0.2, 0.25) is 0 Å². The van der Waals surface area contributed by atoms with E-state index in [1.165, 1.54) is 12.8 Å². The van der Waals surface area contributed by atoms with E-state index >= 15 is 0 Å². The molecule has 0 fully saturated rings. The molecule has 0 spiro atoms. The van der Waals surface area contributed by atoms with Crippen LogP contribution in [0, 0.1) is 0 Å². The number of unbranched alkanes of at least 4 members (excludes halogenated alkanes) is 2. The van der Waals surface area contributed by atoms with Gasteiger partial charge in [0.05, 0.1) is 6.04 Å². The molecule has 0 saturated carbocycles. The molecule has 2 N–H and O–H groups in total. The maximum atomic E-state index is 5.90. The van der Waals surface area contributed by atoms with Gasteiger partial charge in [-0.3, -0.25) is 0 Å². The van der Waals surface area contributed by atoms with Crippen LogP contribution in [-0.4, -0.2) is 0 Å². The van der Waals surface area contributed by atoms with Crippen LogP contribution in [0.1, 0.15) is 44.4 Å². The monoisotopic (exact) mass is 201 g/mol. The van der Waals surface area contributed by atoms with E-state index in [0.717, 1.165) is 18.6 Å². The third-order valence-electron chi connectivity index (χ3n) is 2.08. The van der Waals surface area contributed by atoms with Crippen LogP contribution < -0.4 is 5.73 Å². The van der Waals surface area contributed by atoms with Gasteiger partial charge in [0.1, 0.15) is 5.76 Å². The van der Waals surface area contributed by atoms with Gasteiger partial charge in [-0.2, -0.15) is 0 Å². The summed E-state index contributed by atoms with van der Waals surface area (Å²) in [7, 11) is 0. The normalized spacial score (nSPS) is 13.2. The summed E-state index contributed by atoms with van der Waals surface area (Å²) in [6.07, 6.45) is 4.56. The lowest BCUT2D eigenvalue weighted by molar-refractivity contribution is 0.443. The maximum absolute atomic E-state index is 5.90. The summed E-state index contributed by atoms with van der Waals surface area (Å²) >= 11 is 5.64. The van der Waals surface area contributed by atoms with Crippen molar-refractivity contribution >= 4 is 11.6 Å². The van der Waals surface area contributed by atoms with Crippen molar-refractivity contribution in [3.05, 3.63) is 23.1 Å². The molecule has 0 saturated heterocycles. The Bertz CT molecular complexity index is 247. The Kier molecular flexibility index (Phi) is 4.33. The van der Waals surface area contributed by atoms with Gasteiger partial charge >= 0.3 is 0 Å². The lowest BCUT2D eigenvalue weighted by atomic mass is 10.1. The molecule has 0 aromatic carbocycles. The molecule has 0 unspecified atom stereocenters. The van der Waals surface area contributed by atoms with Crippen LogP contribution >= 0.6 is 11.6 Å². The molecular formula is C10H16ClNO. The summed E-state index contributed by atoms with van der Waals surface area (Å²) < 4.78 is 5.22. The Hall–Kier alpha value is -0.470. The molecule has 2 nitrogen and oxygen atoms in total. The summed E-state index contributed by atoms with van der Waals surface area (Å²) in [6.45, 7) is 2.18. The minimum absolute atomic E-state index is 0.000880. The van der Waals surface area contributed by atoms with Crippen molar-refractivity contribution in [2.75, 3.05) is 0 Å². The second-order valence-electron chi connectivity index (χ2n) is 3.24. The predicted octanol–water partition coefficient (Wildman–Crippen LogP) is 3.51. The van der Waals surface area contributed by atoms with Crippen LogP contribution in [0.15, 0.2) is 16.5 Å². The van der Waals surface area contributed by atoms with Gasteiger partial charge in [0, 0.05) is 0 Å². The van der Waals surface area contributed by atoms with Crippen LogP contribution in [0.4, 0.5) is 0 Å². The Morgan fingerprint density at radius 2 is 2.23 bits per heavy atom. The van der Waals surface area contributed by atoms with E-state index in [9.17, 15) is 0 Å². The standard InChI is InChI=1S/C10H16ClNO/c1-2-3-4-5-8(12)9-6-7-10(11)13-9/h6-8H,2-5,12H2,1H3/t8-/m1/s1. The summed E-state index contributed by atoms with van der Waals surface area (Å²) in [6, 6.07) is 3.58. The maximum Gasteiger partial charge on any atom is 0.193 e. The molecule has 1 heterocycles. The molecule has 13 heavy (non-hydrogen) atoms. The third kappa shape index (κ3) is 3.41. The highest BCUT2D eigenvalue weighted by Crippen LogP contribution is 2.22. The summed E-state index contributed by atoms with van der Waals surface area (Å²) in [5.41, 5.74) is 5.90. The van der Waals surface area contributed by atoms with E-state index in [1.54, 1.807) is 6.07 Å². The zero-order valence-corrected chi connectivity index (χ0v) is 8.68. The second-order valence-corrected chi connectivity index (χ2v) is 3.62. The fourth-order valence-corrected chi connectivity index (χ4v) is 1.44. The Morgan fingerprint density at radius 3 is 2.77 bits per heavy atom. The first kappa shape index (κ1) is 10.6. The molecule has 0 aliphatic carbocycles. The predicted molar refractivity (Wildman–Crippen MR) is 54.8 cm³/mol. The SMILES string of the molecule is CCCCC[C@@H](N)c1ccc(Cl)o1. The molecule has 0 amide bonds. The van der Waals surface area contributed by atoms with Crippen molar-refractivity contribution in [1.82, 2.24) is 0 Å². The highest BCUT2D eigenvalue weighted by atomic mass is 35.5. The van der Waals surface area contributed by atoms with Gasteiger partial charge in [-0.15, -0.1) is 0 Å². The van der Waals surface area contributed by atoms with E-state index in [2.05, 4.69) is 6.92 Å². The van der Waals surface area contributed by atoms with E-state index in [0.29, 0.717) is 5.22 Å². The van der Waals surface area contributed by atoms with Crippen LogP contribution in [-0.2, 0) is 0 Å². The first-order chi connectivity index (χ1) is 6.24. The van der Waals surface area contributed by atoms with Gasteiger partial charge in [-0.1, -0.05) is 26.2 Å². The zero-order valence-electron chi connectivity index (χ0n) is 7.92. The summed E-state index contributed by atoms with van der Waals surface area (Å²) in [5, 5.41) is 0.418. The van der Waals surface area contributed by atoms with Crippen molar-refractivity contribution in [3.8, 4) is 0 Å². The molecule has 1 rings (SSSR count). The Balaban J connectivity index is 2.35. The Morgan fingerprint density at radius 1 is 1.46 bits per heavy atom. The molecule has 0 radical (unpaired) electrons. The molecule has 3 heteroatoms. The van der Waals surface area contributed by atoms with Crippen LogP contribution in [0.2, 0.25) is 5.22 Å². The lowest BCUT2D eigenvalue weighted by Crippen LogP contribution is -2.08. The van der Waals surface area contributed by atoms with E-state index in [4.69, 9.17) is 21.8 Å². The van der Waals surface area contributed by atoms with Gasteiger partial charge < -0.3 is 10.2 Å². The molecule has 1 atom stereocenters. The minimum atomic E-state index is -0.000880. The number of rotatable bonds is 5. The number of nitrogens with two attached hydrogens (primary N) is 1. The number of furan rings is 1. The second kappa shape index (κ2) is 5.30. The first-order valence-corrected chi connectivity index (χ1v) is 5.12. The van der Waals surface area contributed by atoms with Crippen molar-refractivity contribution in [2.45, 2.75) is 38.6 Å². The van der Waals surface area contributed by atoms with E-state index in [-0.39, 0.29) is 6.04 Å². The van der Waals surface area contributed by atoms with Crippen molar-refractivity contribution in [1.29, 1.82) is 0 Å². The van der Waals surface area contributed by atoms with Crippen LogP contribution in [0.5, 0.6) is 0 Å². The third-order valence-corrected chi connectivity index (χ3v) is 2.28. The van der Waals surface area contributed by atoms with Gasteiger partial charge in [0.25, 0.3) is 0 Å². The average molecular weight is 202 g/mol. The molecule has 1 aromatic heterocycles. The Labute approximate surface area is 84.1 Å². The molecule has 0 bridgehead atoms. The highest BCUT2D eigenvalue weighted by molar-refractivity contribution is 6.28.